The minimum atomic E-state index is 0.323. The van der Waals surface area contributed by atoms with E-state index in [-0.39, 0.29) is 0 Å². The van der Waals surface area contributed by atoms with Crippen molar-refractivity contribution < 1.29 is 5.11 Å². The van der Waals surface area contributed by atoms with Gasteiger partial charge < -0.3 is 5.11 Å². The van der Waals surface area contributed by atoms with E-state index >= 15 is 0 Å². The fraction of sp³-hybridized carbons (Fsp3) is 0.280. The molecule has 0 aliphatic heterocycles. The van der Waals surface area contributed by atoms with E-state index in [9.17, 15) is 5.11 Å². The van der Waals surface area contributed by atoms with Crippen LogP contribution in [0.1, 0.15) is 51.7 Å². The summed E-state index contributed by atoms with van der Waals surface area (Å²) >= 11 is 6.59. The van der Waals surface area contributed by atoms with Crippen molar-refractivity contribution in [2.24, 2.45) is 0 Å². The van der Waals surface area contributed by atoms with Crippen LogP contribution in [0.3, 0.4) is 0 Å². The highest BCUT2D eigenvalue weighted by Gasteiger charge is 2.10. The predicted molar refractivity (Wildman–Crippen MR) is 121 cm³/mol. The van der Waals surface area contributed by atoms with E-state index in [2.05, 4.69) is 43.3 Å². The molecule has 0 heterocycles. The molecule has 0 bridgehead atoms. The van der Waals surface area contributed by atoms with Crippen LogP contribution in [-0.4, -0.2) is 5.11 Å². The van der Waals surface area contributed by atoms with Gasteiger partial charge in [-0.2, -0.15) is 0 Å². The molecule has 27 heavy (non-hydrogen) atoms. The van der Waals surface area contributed by atoms with Crippen LogP contribution in [0.4, 0.5) is 0 Å². The number of aliphatic hydroxyl groups excluding tert-OH is 1. The minimum absolute atomic E-state index is 0.323. The second-order valence-corrected chi connectivity index (χ2v) is 6.71. The van der Waals surface area contributed by atoms with Crippen LogP contribution in [0.2, 0.25) is 5.02 Å². The lowest BCUT2D eigenvalue weighted by Crippen LogP contribution is -1.89. The molecule has 3 aromatic rings. The Morgan fingerprint density at radius 3 is 2.41 bits per heavy atom. The molecule has 0 atom stereocenters. The lowest BCUT2D eigenvalue weighted by atomic mass is 9.95. The average molecular weight is 381 g/mol. The van der Waals surface area contributed by atoms with Crippen molar-refractivity contribution in [1.82, 2.24) is 0 Å². The molecule has 0 radical (unpaired) electrons. The summed E-state index contributed by atoms with van der Waals surface area (Å²) in [6.07, 6.45) is 4.78. The van der Waals surface area contributed by atoms with Crippen molar-refractivity contribution in [1.29, 1.82) is 0 Å². The summed E-state index contributed by atoms with van der Waals surface area (Å²) < 4.78 is 0. The van der Waals surface area contributed by atoms with E-state index in [1.54, 1.807) is 0 Å². The third-order valence-corrected chi connectivity index (χ3v) is 4.75. The van der Waals surface area contributed by atoms with Crippen molar-refractivity contribution in [2.45, 2.75) is 47.0 Å². The number of hydrogen-bond donors (Lipinski definition) is 1. The van der Waals surface area contributed by atoms with E-state index in [0.717, 1.165) is 51.7 Å². The smallest absolute Gasteiger partial charge is 0.118 e. The average Bonchev–Trinajstić information content (AvgIpc) is 2.69. The molecule has 1 N–H and O–H groups in total. The zero-order valence-corrected chi connectivity index (χ0v) is 17.5. The highest BCUT2D eigenvalue weighted by Crippen LogP contribution is 2.35. The Morgan fingerprint density at radius 2 is 1.74 bits per heavy atom. The molecule has 0 aromatic heterocycles. The van der Waals surface area contributed by atoms with Crippen LogP contribution in [0.25, 0.3) is 27.7 Å². The molecular formula is C25H29ClO. The van der Waals surface area contributed by atoms with Crippen molar-refractivity contribution in [3.8, 4) is 11.1 Å². The largest absolute Gasteiger partial charge is 0.508 e. The first-order valence-corrected chi connectivity index (χ1v) is 10.2. The van der Waals surface area contributed by atoms with Crippen LogP contribution in [0, 0.1) is 0 Å². The van der Waals surface area contributed by atoms with Gasteiger partial charge in [0.25, 0.3) is 0 Å². The molecule has 142 valence electrons. The van der Waals surface area contributed by atoms with Crippen LogP contribution >= 0.6 is 11.6 Å². The molecule has 0 amide bonds. The number of fused-ring (bicyclic) bond motifs is 1. The molecule has 0 saturated carbocycles. The summed E-state index contributed by atoms with van der Waals surface area (Å²) in [6.45, 7) is 8.19. The summed E-state index contributed by atoms with van der Waals surface area (Å²) in [4.78, 5) is 0. The van der Waals surface area contributed by atoms with Crippen LogP contribution in [-0.2, 0) is 6.42 Å². The van der Waals surface area contributed by atoms with E-state index in [1.165, 1.54) is 5.56 Å². The fourth-order valence-electron chi connectivity index (χ4n) is 3.20. The number of hydrogen-bond acceptors (Lipinski definition) is 1. The Hall–Kier alpha value is -2.25. The summed E-state index contributed by atoms with van der Waals surface area (Å²) in [6, 6.07) is 18.6. The molecule has 0 unspecified atom stereocenters. The topological polar surface area (TPSA) is 20.2 Å². The molecule has 0 aliphatic rings. The zero-order valence-electron chi connectivity index (χ0n) is 16.7. The minimum Gasteiger partial charge on any atom is -0.508 e. The summed E-state index contributed by atoms with van der Waals surface area (Å²) in [7, 11) is 0. The third kappa shape index (κ3) is 4.93. The van der Waals surface area contributed by atoms with Gasteiger partial charge in [-0.05, 0) is 52.9 Å². The lowest BCUT2D eigenvalue weighted by Gasteiger charge is -2.12. The summed E-state index contributed by atoms with van der Waals surface area (Å²) in [5.41, 5.74) is 4.22. The monoisotopic (exact) mass is 380 g/mol. The Labute approximate surface area is 168 Å². The van der Waals surface area contributed by atoms with Crippen molar-refractivity contribution in [3.05, 3.63) is 76.8 Å². The van der Waals surface area contributed by atoms with E-state index in [0.29, 0.717) is 5.76 Å². The van der Waals surface area contributed by atoms with Crippen LogP contribution in [0.5, 0.6) is 0 Å². The predicted octanol–water partition coefficient (Wildman–Crippen LogP) is 8.45. The first-order chi connectivity index (χ1) is 13.1. The second-order valence-electron chi connectivity index (χ2n) is 6.30. The molecule has 3 aromatic carbocycles. The number of aliphatic hydroxyl groups is 1. The molecule has 0 spiro atoms. The number of rotatable bonds is 5. The first-order valence-electron chi connectivity index (χ1n) is 9.85. The SMILES string of the molecule is CC.CC/C=C(/O)c1ccc2cccc(-c3ccc(CCC)cc3Cl)c2c1. The van der Waals surface area contributed by atoms with Crippen LogP contribution < -0.4 is 0 Å². The molecule has 0 saturated heterocycles. The fourth-order valence-corrected chi connectivity index (χ4v) is 3.50. The Balaban J connectivity index is 0.00000126. The van der Waals surface area contributed by atoms with Gasteiger partial charge in [-0.1, -0.05) is 88.2 Å². The van der Waals surface area contributed by atoms with Gasteiger partial charge in [-0.15, -0.1) is 0 Å². The normalized spacial score (nSPS) is 11.2. The van der Waals surface area contributed by atoms with Crippen LogP contribution in [0.15, 0.2) is 60.7 Å². The maximum Gasteiger partial charge on any atom is 0.118 e. The van der Waals surface area contributed by atoms with E-state index in [4.69, 9.17) is 11.6 Å². The Kier molecular flexibility index (Phi) is 7.94. The van der Waals surface area contributed by atoms with Gasteiger partial charge in [0.15, 0.2) is 0 Å². The number of halogens is 1. The van der Waals surface area contributed by atoms with Gasteiger partial charge in [-0.25, -0.2) is 0 Å². The van der Waals surface area contributed by atoms with Crippen molar-refractivity contribution in [2.75, 3.05) is 0 Å². The highest BCUT2D eigenvalue weighted by molar-refractivity contribution is 6.33. The molecule has 2 heteroatoms. The number of benzene rings is 3. The number of aryl methyl sites for hydroxylation is 1. The van der Waals surface area contributed by atoms with Crippen molar-refractivity contribution >= 4 is 28.1 Å². The van der Waals surface area contributed by atoms with E-state index in [1.807, 2.05) is 45.0 Å². The number of allylic oxidation sites excluding steroid dienone is 1. The quantitative estimate of drug-likeness (QED) is 0.440. The maximum atomic E-state index is 10.2. The molecule has 0 aliphatic carbocycles. The molecular weight excluding hydrogens is 352 g/mol. The molecule has 3 rings (SSSR count). The van der Waals surface area contributed by atoms with Gasteiger partial charge in [0.05, 0.1) is 0 Å². The standard InChI is InChI=1S/C23H23ClO.C2H6/c1-3-6-16-10-13-20(22(24)14-16)19-9-5-8-17-11-12-18(15-21(17)19)23(25)7-4-2;1-2/h5,7-15,25H,3-4,6H2,1-2H3;1-2H3/b23-7+;. The molecule has 0 fully saturated rings. The van der Waals surface area contributed by atoms with Gasteiger partial charge in [0.1, 0.15) is 5.76 Å². The maximum absolute atomic E-state index is 10.2. The lowest BCUT2D eigenvalue weighted by molar-refractivity contribution is 0.510. The molecule has 1 nitrogen and oxygen atoms in total. The zero-order chi connectivity index (χ0) is 19.8. The Morgan fingerprint density at radius 1 is 0.963 bits per heavy atom. The summed E-state index contributed by atoms with van der Waals surface area (Å²) in [5.74, 6) is 0.323. The summed E-state index contributed by atoms with van der Waals surface area (Å²) in [5, 5.41) is 13.2. The first kappa shape index (κ1) is 21.1. The Bertz CT molecular complexity index is 925. The van der Waals surface area contributed by atoms with Gasteiger partial charge >= 0.3 is 0 Å². The van der Waals surface area contributed by atoms with Gasteiger partial charge in [0.2, 0.25) is 0 Å². The van der Waals surface area contributed by atoms with Gasteiger partial charge in [-0.3, -0.25) is 0 Å². The third-order valence-electron chi connectivity index (χ3n) is 4.44. The van der Waals surface area contributed by atoms with Gasteiger partial charge in [0, 0.05) is 16.1 Å². The van der Waals surface area contributed by atoms with E-state index < -0.39 is 0 Å². The second kappa shape index (κ2) is 10.2. The highest BCUT2D eigenvalue weighted by atomic mass is 35.5. The van der Waals surface area contributed by atoms with Crippen molar-refractivity contribution in [3.63, 3.8) is 0 Å².